The molecule has 0 atom stereocenters. The SMILES string of the molecule is CN(C(=O)c1ccc[nH]1)c1ccc(Nc2ccc(NC(=O)c3ccc(N4CCC(O)CC4)cc3)cc2)cn1. The van der Waals surface area contributed by atoms with E-state index in [9.17, 15) is 14.7 Å². The third-order valence-electron chi connectivity index (χ3n) is 6.62. The largest absolute Gasteiger partial charge is 0.393 e. The van der Waals surface area contributed by atoms with Crippen molar-refractivity contribution in [2.75, 3.05) is 40.6 Å². The minimum atomic E-state index is -0.214. The van der Waals surface area contributed by atoms with Crippen LogP contribution in [0.1, 0.15) is 33.7 Å². The first kappa shape index (κ1) is 25.0. The highest BCUT2D eigenvalue weighted by molar-refractivity contribution is 6.05. The Morgan fingerprint density at radius 1 is 0.947 bits per heavy atom. The second kappa shape index (κ2) is 11.2. The van der Waals surface area contributed by atoms with Gasteiger partial charge in [0.25, 0.3) is 11.8 Å². The molecule has 1 fully saturated rings. The number of nitrogens with zero attached hydrogens (tertiary/aromatic N) is 3. The maximum atomic E-state index is 12.7. The van der Waals surface area contributed by atoms with Crippen LogP contribution in [0.2, 0.25) is 0 Å². The fraction of sp³-hybridized carbons (Fsp3) is 0.207. The molecule has 1 aliphatic heterocycles. The summed E-state index contributed by atoms with van der Waals surface area (Å²) in [5.41, 5.74) is 4.44. The minimum Gasteiger partial charge on any atom is -0.393 e. The van der Waals surface area contributed by atoms with E-state index in [1.807, 2.05) is 54.6 Å². The van der Waals surface area contributed by atoms with Gasteiger partial charge in [-0.1, -0.05) is 0 Å². The van der Waals surface area contributed by atoms with E-state index >= 15 is 0 Å². The van der Waals surface area contributed by atoms with Crippen LogP contribution in [0.5, 0.6) is 0 Å². The molecule has 38 heavy (non-hydrogen) atoms. The zero-order chi connectivity index (χ0) is 26.5. The minimum absolute atomic E-state index is 0.167. The molecule has 4 N–H and O–H groups in total. The number of anilines is 5. The molecule has 0 spiro atoms. The number of carbonyl (C=O) groups is 2. The van der Waals surface area contributed by atoms with E-state index in [2.05, 4.69) is 25.5 Å². The van der Waals surface area contributed by atoms with E-state index in [0.29, 0.717) is 22.8 Å². The van der Waals surface area contributed by atoms with Gasteiger partial charge in [0.05, 0.1) is 18.0 Å². The van der Waals surface area contributed by atoms with E-state index in [-0.39, 0.29) is 17.9 Å². The summed E-state index contributed by atoms with van der Waals surface area (Å²) in [4.78, 5) is 36.2. The van der Waals surface area contributed by atoms with E-state index in [0.717, 1.165) is 43.0 Å². The highest BCUT2D eigenvalue weighted by Gasteiger charge is 2.18. The van der Waals surface area contributed by atoms with Gasteiger partial charge in [-0.15, -0.1) is 0 Å². The lowest BCUT2D eigenvalue weighted by Gasteiger charge is -2.31. The Morgan fingerprint density at radius 3 is 2.26 bits per heavy atom. The monoisotopic (exact) mass is 510 g/mol. The molecule has 0 unspecified atom stereocenters. The van der Waals surface area contributed by atoms with Crippen LogP contribution in [-0.2, 0) is 0 Å². The molecule has 2 aromatic heterocycles. The first-order chi connectivity index (χ1) is 18.5. The number of carbonyl (C=O) groups excluding carboxylic acids is 2. The van der Waals surface area contributed by atoms with Crippen molar-refractivity contribution < 1.29 is 14.7 Å². The van der Waals surface area contributed by atoms with Crippen LogP contribution in [0, 0.1) is 0 Å². The first-order valence-electron chi connectivity index (χ1n) is 12.6. The quantitative estimate of drug-likeness (QED) is 0.288. The summed E-state index contributed by atoms with van der Waals surface area (Å²) in [7, 11) is 1.68. The van der Waals surface area contributed by atoms with Gasteiger partial charge in [0.15, 0.2) is 0 Å². The van der Waals surface area contributed by atoms with Crippen molar-refractivity contribution in [3.05, 3.63) is 96.4 Å². The highest BCUT2D eigenvalue weighted by atomic mass is 16.3. The summed E-state index contributed by atoms with van der Waals surface area (Å²) < 4.78 is 0. The van der Waals surface area contributed by atoms with Gasteiger partial charge in [-0.05, 0) is 85.6 Å². The van der Waals surface area contributed by atoms with Crippen molar-refractivity contribution in [2.24, 2.45) is 0 Å². The summed E-state index contributed by atoms with van der Waals surface area (Å²) in [5.74, 6) is 0.194. The predicted molar refractivity (Wildman–Crippen MR) is 149 cm³/mol. The zero-order valence-electron chi connectivity index (χ0n) is 21.1. The van der Waals surface area contributed by atoms with E-state index < -0.39 is 0 Å². The lowest BCUT2D eigenvalue weighted by molar-refractivity contribution is 0.0986. The van der Waals surface area contributed by atoms with Gasteiger partial charge in [0.1, 0.15) is 11.5 Å². The second-order valence-electron chi connectivity index (χ2n) is 9.27. The van der Waals surface area contributed by atoms with Crippen molar-refractivity contribution in [3.63, 3.8) is 0 Å². The third-order valence-corrected chi connectivity index (χ3v) is 6.62. The Kier molecular flexibility index (Phi) is 7.37. The number of H-pyrrole nitrogens is 1. The maximum Gasteiger partial charge on any atom is 0.275 e. The maximum absolute atomic E-state index is 12.7. The topological polar surface area (TPSA) is 114 Å². The Hall–Kier alpha value is -4.63. The van der Waals surface area contributed by atoms with Crippen molar-refractivity contribution >= 4 is 40.4 Å². The predicted octanol–water partition coefficient (Wildman–Crippen LogP) is 4.64. The number of benzene rings is 2. The van der Waals surface area contributed by atoms with Crippen LogP contribution in [0.4, 0.5) is 28.6 Å². The van der Waals surface area contributed by atoms with E-state index in [1.54, 1.807) is 37.6 Å². The van der Waals surface area contributed by atoms with E-state index in [4.69, 9.17) is 0 Å². The molecule has 0 saturated carbocycles. The van der Waals surface area contributed by atoms with Gasteiger partial charge < -0.3 is 25.6 Å². The highest BCUT2D eigenvalue weighted by Crippen LogP contribution is 2.23. The lowest BCUT2D eigenvalue weighted by atomic mass is 10.1. The van der Waals surface area contributed by atoms with Crippen LogP contribution in [-0.4, -0.2) is 53.1 Å². The molecule has 194 valence electrons. The van der Waals surface area contributed by atoms with Gasteiger partial charge in [0.2, 0.25) is 0 Å². The first-order valence-corrected chi connectivity index (χ1v) is 12.6. The van der Waals surface area contributed by atoms with Gasteiger partial charge in [-0.3, -0.25) is 14.5 Å². The Balaban J connectivity index is 1.15. The van der Waals surface area contributed by atoms with Crippen LogP contribution in [0.3, 0.4) is 0 Å². The fourth-order valence-electron chi connectivity index (χ4n) is 4.36. The number of amides is 2. The van der Waals surface area contributed by atoms with Crippen LogP contribution in [0.15, 0.2) is 85.2 Å². The Bertz CT molecular complexity index is 1360. The number of aromatic amines is 1. The van der Waals surface area contributed by atoms with Crippen LogP contribution < -0.4 is 20.4 Å². The molecule has 1 saturated heterocycles. The van der Waals surface area contributed by atoms with Gasteiger partial charge in [-0.25, -0.2) is 4.98 Å². The number of aliphatic hydroxyl groups excluding tert-OH is 1. The summed E-state index contributed by atoms with van der Waals surface area (Å²) in [6.07, 6.45) is 4.69. The molecule has 2 aromatic carbocycles. The van der Waals surface area contributed by atoms with Crippen molar-refractivity contribution in [2.45, 2.75) is 18.9 Å². The molecular formula is C29H30N6O3. The molecule has 9 nitrogen and oxygen atoms in total. The van der Waals surface area contributed by atoms with Crippen molar-refractivity contribution in [1.29, 1.82) is 0 Å². The summed E-state index contributed by atoms with van der Waals surface area (Å²) in [6.45, 7) is 1.64. The molecule has 9 heteroatoms. The molecule has 1 aliphatic rings. The molecule has 3 heterocycles. The van der Waals surface area contributed by atoms with Crippen LogP contribution in [0.25, 0.3) is 0 Å². The normalized spacial score (nSPS) is 13.7. The molecule has 5 rings (SSSR count). The third kappa shape index (κ3) is 5.84. The number of nitrogens with one attached hydrogen (secondary N) is 3. The summed E-state index contributed by atoms with van der Waals surface area (Å²) in [5, 5.41) is 15.9. The number of hydrogen-bond donors (Lipinski definition) is 4. The molecular weight excluding hydrogens is 480 g/mol. The van der Waals surface area contributed by atoms with Crippen molar-refractivity contribution in [3.8, 4) is 0 Å². The molecule has 2 amide bonds. The number of hydrogen-bond acceptors (Lipinski definition) is 6. The van der Waals surface area contributed by atoms with Crippen molar-refractivity contribution in [1.82, 2.24) is 9.97 Å². The average Bonchev–Trinajstić information content (AvgIpc) is 3.49. The lowest BCUT2D eigenvalue weighted by Crippen LogP contribution is -2.35. The Morgan fingerprint density at radius 2 is 1.63 bits per heavy atom. The number of aliphatic hydroxyl groups is 1. The summed E-state index contributed by atoms with van der Waals surface area (Å²) >= 11 is 0. The average molecular weight is 511 g/mol. The number of aromatic nitrogens is 2. The van der Waals surface area contributed by atoms with Gasteiger partial charge in [-0.2, -0.15) is 0 Å². The fourth-order valence-corrected chi connectivity index (χ4v) is 4.36. The zero-order valence-corrected chi connectivity index (χ0v) is 21.1. The summed E-state index contributed by atoms with van der Waals surface area (Å²) in [6, 6.07) is 22.1. The van der Waals surface area contributed by atoms with Crippen LogP contribution >= 0.6 is 0 Å². The van der Waals surface area contributed by atoms with Gasteiger partial charge in [0, 0.05) is 49.0 Å². The molecule has 4 aromatic rings. The van der Waals surface area contributed by atoms with E-state index in [1.165, 1.54) is 4.90 Å². The standard InChI is InChI=1S/C29H30N6O3/c1-34(29(38)26-3-2-16-30-26)27-13-10-23(19-31-27)32-21-6-8-22(9-7-21)33-28(37)20-4-11-24(12-5-20)35-17-14-25(36)15-18-35/h2-13,16,19,25,30,32,36H,14-15,17-18H2,1H3,(H,33,37). The number of pyridine rings is 1. The molecule has 0 aliphatic carbocycles. The van der Waals surface area contributed by atoms with Gasteiger partial charge >= 0.3 is 0 Å². The molecule has 0 bridgehead atoms. The molecule has 0 radical (unpaired) electrons. The number of rotatable bonds is 7. The smallest absolute Gasteiger partial charge is 0.275 e. The Labute approximate surface area is 221 Å². The second-order valence-corrected chi connectivity index (χ2v) is 9.27. The number of piperidine rings is 1.